The molecular weight excluding hydrogens is 196 g/mol. The van der Waals surface area contributed by atoms with Crippen molar-refractivity contribution in [2.24, 2.45) is 11.7 Å². The van der Waals surface area contributed by atoms with Crippen LogP contribution < -0.4 is 11.1 Å². The van der Waals surface area contributed by atoms with E-state index in [1.807, 2.05) is 13.8 Å². The molecule has 90 valence electrons. The van der Waals surface area contributed by atoms with Crippen LogP contribution in [0, 0.1) is 5.92 Å². The number of carbonyl (C=O) groups excluding carboxylic acids is 1. The number of aliphatic hydroxyl groups excluding tert-OH is 2. The fraction of sp³-hybridized carbons (Fsp3) is 0.900. The zero-order valence-corrected chi connectivity index (χ0v) is 9.66. The number of nitrogens with one attached hydrogen (secondary N) is 1. The van der Waals surface area contributed by atoms with Crippen LogP contribution in [-0.4, -0.2) is 40.9 Å². The monoisotopic (exact) mass is 218 g/mol. The van der Waals surface area contributed by atoms with Crippen molar-refractivity contribution in [1.29, 1.82) is 0 Å². The van der Waals surface area contributed by atoms with Gasteiger partial charge >= 0.3 is 0 Å². The van der Waals surface area contributed by atoms with Gasteiger partial charge in [-0.25, -0.2) is 0 Å². The van der Waals surface area contributed by atoms with Gasteiger partial charge in [0.1, 0.15) is 0 Å². The van der Waals surface area contributed by atoms with Gasteiger partial charge in [-0.1, -0.05) is 20.8 Å². The zero-order chi connectivity index (χ0) is 12.1. The van der Waals surface area contributed by atoms with E-state index in [0.29, 0.717) is 6.42 Å². The first-order chi connectivity index (χ1) is 6.92. The highest BCUT2D eigenvalue weighted by Gasteiger charge is 2.31. The van der Waals surface area contributed by atoms with Crippen LogP contribution in [0.2, 0.25) is 0 Å². The molecule has 0 saturated carbocycles. The van der Waals surface area contributed by atoms with Crippen LogP contribution >= 0.6 is 0 Å². The van der Waals surface area contributed by atoms with Gasteiger partial charge in [0, 0.05) is 0 Å². The van der Waals surface area contributed by atoms with Crippen LogP contribution in [0.5, 0.6) is 0 Å². The zero-order valence-electron chi connectivity index (χ0n) is 9.66. The maximum absolute atomic E-state index is 11.6. The quantitative estimate of drug-likeness (QED) is 0.470. The summed E-state index contributed by atoms with van der Waals surface area (Å²) in [4.78, 5) is 11.6. The molecule has 0 aromatic carbocycles. The molecule has 0 bridgehead atoms. The van der Waals surface area contributed by atoms with E-state index < -0.39 is 11.6 Å². The molecule has 0 aliphatic rings. The predicted octanol–water partition coefficient (Wildman–Crippen LogP) is -0.781. The number of carbonyl (C=O) groups is 1. The van der Waals surface area contributed by atoms with Crippen LogP contribution in [0.15, 0.2) is 0 Å². The largest absolute Gasteiger partial charge is 0.394 e. The highest BCUT2D eigenvalue weighted by atomic mass is 16.3. The first-order valence-corrected chi connectivity index (χ1v) is 5.21. The standard InChI is InChI=1S/C10H22N2O3/c1-4-10(5-13,6-14)12-9(15)8(11)7(2)3/h7-8,13-14H,4-6,11H2,1-3H3,(H,12,15). The molecule has 0 heterocycles. The van der Waals surface area contributed by atoms with E-state index in [9.17, 15) is 4.79 Å². The Bertz CT molecular complexity index is 195. The van der Waals surface area contributed by atoms with Gasteiger partial charge < -0.3 is 21.3 Å². The average molecular weight is 218 g/mol. The number of rotatable bonds is 6. The first-order valence-electron chi connectivity index (χ1n) is 5.21. The number of aliphatic hydroxyl groups is 2. The maximum Gasteiger partial charge on any atom is 0.237 e. The summed E-state index contributed by atoms with van der Waals surface area (Å²) in [5.74, 6) is -0.313. The minimum absolute atomic E-state index is 0.0249. The molecule has 0 saturated heterocycles. The third kappa shape index (κ3) is 3.77. The molecule has 0 aromatic rings. The molecule has 0 aromatic heterocycles. The van der Waals surface area contributed by atoms with E-state index in [-0.39, 0.29) is 25.0 Å². The summed E-state index contributed by atoms with van der Waals surface area (Å²) in [6.45, 7) is 4.88. The van der Waals surface area contributed by atoms with Crippen LogP contribution in [0.1, 0.15) is 27.2 Å². The fourth-order valence-corrected chi connectivity index (χ4v) is 1.09. The molecule has 1 atom stereocenters. The third-order valence-electron chi connectivity index (χ3n) is 2.69. The van der Waals surface area contributed by atoms with Gasteiger partial charge in [-0.2, -0.15) is 0 Å². The van der Waals surface area contributed by atoms with Gasteiger partial charge in [0.2, 0.25) is 5.91 Å². The maximum atomic E-state index is 11.6. The van der Waals surface area contributed by atoms with E-state index in [1.165, 1.54) is 0 Å². The summed E-state index contributed by atoms with van der Waals surface area (Å²) in [6, 6.07) is -0.617. The number of hydrogen-bond acceptors (Lipinski definition) is 4. The lowest BCUT2D eigenvalue weighted by atomic mass is 9.96. The lowest BCUT2D eigenvalue weighted by Gasteiger charge is -2.31. The molecule has 0 aliphatic heterocycles. The average Bonchev–Trinajstić information content (AvgIpc) is 2.24. The van der Waals surface area contributed by atoms with Crippen molar-refractivity contribution in [2.75, 3.05) is 13.2 Å². The summed E-state index contributed by atoms with van der Waals surface area (Å²) in [5.41, 5.74) is 4.70. The molecule has 0 spiro atoms. The highest BCUT2D eigenvalue weighted by Crippen LogP contribution is 2.09. The molecule has 1 unspecified atom stereocenters. The summed E-state index contributed by atoms with van der Waals surface area (Å²) >= 11 is 0. The molecule has 5 heteroatoms. The lowest BCUT2D eigenvalue weighted by molar-refractivity contribution is -0.126. The van der Waals surface area contributed by atoms with E-state index in [0.717, 1.165) is 0 Å². The van der Waals surface area contributed by atoms with Gasteiger partial charge in [-0.3, -0.25) is 4.79 Å². The van der Waals surface area contributed by atoms with Crippen LogP contribution in [-0.2, 0) is 4.79 Å². The Kier molecular flexibility index (Phi) is 5.79. The summed E-state index contributed by atoms with van der Waals surface area (Å²) < 4.78 is 0. The van der Waals surface area contributed by atoms with Crippen molar-refractivity contribution in [3.05, 3.63) is 0 Å². The Morgan fingerprint density at radius 1 is 1.40 bits per heavy atom. The second kappa shape index (κ2) is 6.05. The number of nitrogens with two attached hydrogens (primary N) is 1. The minimum atomic E-state index is -0.955. The number of hydrogen-bond donors (Lipinski definition) is 4. The van der Waals surface area contributed by atoms with Crippen LogP contribution in [0.25, 0.3) is 0 Å². The molecule has 5 N–H and O–H groups in total. The van der Waals surface area contributed by atoms with Gasteiger partial charge in [0.05, 0.1) is 24.8 Å². The van der Waals surface area contributed by atoms with E-state index in [1.54, 1.807) is 6.92 Å². The predicted molar refractivity (Wildman–Crippen MR) is 58.1 cm³/mol. The summed E-state index contributed by atoms with van der Waals surface area (Å²) in [5, 5.41) is 20.9. The molecule has 0 rings (SSSR count). The van der Waals surface area contributed by atoms with E-state index in [4.69, 9.17) is 15.9 Å². The van der Waals surface area contributed by atoms with Gasteiger partial charge in [0.25, 0.3) is 0 Å². The SMILES string of the molecule is CCC(CO)(CO)NC(=O)C(N)C(C)C. The molecular formula is C10H22N2O3. The Morgan fingerprint density at radius 2 is 1.87 bits per heavy atom. The molecule has 1 amide bonds. The second-order valence-corrected chi connectivity index (χ2v) is 4.21. The summed E-state index contributed by atoms with van der Waals surface area (Å²) in [7, 11) is 0. The van der Waals surface area contributed by atoms with Crippen molar-refractivity contribution < 1.29 is 15.0 Å². The van der Waals surface area contributed by atoms with Gasteiger partial charge in [-0.15, -0.1) is 0 Å². The highest BCUT2D eigenvalue weighted by molar-refractivity contribution is 5.82. The molecule has 15 heavy (non-hydrogen) atoms. The minimum Gasteiger partial charge on any atom is -0.394 e. The Labute approximate surface area is 90.7 Å². The molecule has 0 aliphatic carbocycles. The van der Waals surface area contributed by atoms with Gasteiger partial charge in [0.15, 0.2) is 0 Å². The fourth-order valence-electron chi connectivity index (χ4n) is 1.09. The topological polar surface area (TPSA) is 95.6 Å². The Hall–Kier alpha value is -0.650. The molecule has 0 radical (unpaired) electrons. The van der Waals surface area contributed by atoms with Crippen LogP contribution in [0.3, 0.4) is 0 Å². The van der Waals surface area contributed by atoms with Crippen molar-refractivity contribution in [2.45, 2.75) is 38.8 Å². The Balaban J connectivity index is 4.48. The van der Waals surface area contributed by atoms with Crippen molar-refractivity contribution in [3.8, 4) is 0 Å². The van der Waals surface area contributed by atoms with E-state index in [2.05, 4.69) is 5.32 Å². The van der Waals surface area contributed by atoms with Crippen molar-refractivity contribution in [1.82, 2.24) is 5.32 Å². The smallest absolute Gasteiger partial charge is 0.237 e. The Morgan fingerprint density at radius 3 is 2.13 bits per heavy atom. The van der Waals surface area contributed by atoms with Crippen molar-refractivity contribution >= 4 is 5.91 Å². The number of amides is 1. The van der Waals surface area contributed by atoms with Crippen molar-refractivity contribution in [3.63, 3.8) is 0 Å². The van der Waals surface area contributed by atoms with E-state index >= 15 is 0 Å². The lowest BCUT2D eigenvalue weighted by Crippen LogP contribution is -2.58. The third-order valence-corrected chi connectivity index (χ3v) is 2.69. The normalized spacial score (nSPS) is 14.1. The first kappa shape index (κ1) is 14.3. The van der Waals surface area contributed by atoms with Gasteiger partial charge in [-0.05, 0) is 12.3 Å². The van der Waals surface area contributed by atoms with Crippen LogP contribution in [0.4, 0.5) is 0 Å². The second-order valence-electron chi connectivity index (χ2n) is 4.21. The summed E-state index contributed by atoms with van der Waals surface area (Å²) in [6.07, 6.45) is 0.455. The molecule has 0 fully saturated rings. The molecule has 5 nitrogen and oxygen atoms in total.